The van der Waals surface area contributed by atoms with E-state index in [1.54, 1.807) is 12.1 Å². The van der Waals surface area contributed by atoms with Gasteiger partial charge in [0.25, 0.3) is 0 Å². The predicted molar refractivity (Wildman–Crippen MR) is 49.4 cm³/mol. The Bertz CT molecular complexity index is 275. The molecule has 12 heavy (non-hydrogen) atoms. The number of hydrogen-bond acceptors (Lipinski definition) is 1. The Morgan fingerprint density at radius 3 is 2.75 bits per heavy atom. The highest BCUT2D eigenvalue weighted by Crippen LogP contribution is 2.22. The highest BCUT2D eigenvalue weighted by Gasteiger charge is 2.06. The zero-order valence-electron chi connectivity index (χ0n) is 6.72. The third-order valence-electron chi connectivity index (χ3n) is 1.72. The van der Waals surface area contributed by atoms with Crippen LogP contribution >= 0.6 is 15.9 Å². The number of rotatable bonds is 2. The van der Waals surface area contributed by atoms with Crippen LogP contribution in [-0.4, -0.2) is 5.11 Å². The summed E-state index contributed by atoms with van der Waals surface area (Å²) >= 11 is 3.06. The van der Waals surface area contributed by atoms with Crippen LogP contribution in [0.4, 0.5) is 4.39 Å². The van der Waals surface area contributed by atoms with Crippen molar-refractivity contribution in [2.45, 2.75) is 19.4 Å². The summed E-state index contributed by atoms with van der Waals surface area (Å²) in [6.07, 6.45) is 0.139. The molecule has 1 rings (SSSR count). The summed E-state index contributed by atoms with van der Waals surface area (Å²) in [5, 5.41) is 9.40. The van der Waals surface area contributed by atoms with Gasteiger partial charge in [0.05, 0.1) is 10.6 Å². The maximum atomic E-state index is 12.7. The molecule has 0 bridgehead atoms. The van der Waals surface area contributed by atoms with Gasteiger partial charge in [-0.2, -0.15) is 0 Å². The molecule has 0 amide bonds. The van der Waals surface area contributed by atoms with Gasteiger partial charge >= 0.3 is 0 Å². The minimum absolute atomic E-state index is 0.304. The molecule has 0 spiro atoms. The second-order valence-electron chi connectivity index (χ2n) is 2.60. The molecule has 66 valence electrons. The second-order valence-corrected chi connectivity index (χ2v) is 3.45. The van der Waals surface area contributed by atoms with Crippen molar-refractivity contribution < 1.29 is 9.50 Å². The van der Waals surface area contributed by atoms with E-state index in [4.69, 9.17) is 0 Å². The molecule has 0 aliphatic rings. The van der Waals surface area contributed by atoms with Gasteiger partial charge in [-0.3, -0.25) is 0 Å². The minimum atomic E-state index is -0.498. The van der Waals surface area contributed by atoms with E-state index in [0.29, 0.717) is 10.9 Å². The van der Waals surface area contributed by atoms with Crippen LogP contribution in [0.2, 0.25) is 0 Å². The third kappa shape index (κ3) is 2.05. The first kappa shape index (κ1) is 9.68. The number of aliphatic hydroxyl groups is 1. The number of benzene rings is 1. The lowest BCUT2D eigenvalue weighted by atomic mass is 10.1. The van der Waals surface area contributed by atoms with Crippen molar-refractivity contribution in [1.82, 2.24) is 0 Å². The molecule has 0 aliphatic carbocycles. The lowest BCUT2D eigenvalue weighted by Gasteiger charge is -2.07. The maximum Gasteiger partial charge on any atom is 0.137 e. The van der Waals surface area contributed by atoms with Crippen LogP contribution in [0.25, 0.3) is 0 Å². The van der Waals surface area contributed by atoms with Gasteiger partial charge in [0.2, 0.25) is 0 Å². The number of aliphatic hydroxyl groups excluding tert-OH is 1. The summed E-state index contributed by atoms with van der Waals surface area (Å²) in [6.45, 7) is 1.88. The SMILES string of the molecule is CC[C@@H](O)c1ccc(F)c(Br)c1. The zero-order chi connectivity index (χ0) is 9.14. The molecule has 0 unspecified atom stereocenters. The second kappa shape index (κ2) is 4.01. The monoisotopic (exact) mass is 232 g/mol. The Kier molecular flexibility index (Phi) is 3.23. The van der Waals surface area contributed by atoms with E-state index >= 15 is 0 Å². The Hall–Kier alpha value is -0.410. The lowest BCUT2D eigenvalue weighted by Crippen LogP contribution is -1.95. The Labute approximate surface area is 79.4 Å². The van der Waals surface area contributed by atoms with Crippen molar-refractivity contribution in [3.8, 4) is 0 Å². The van der Waals surface area contributed by atoms with Crippen LogP contribution in [0.15, 0.2) is 22.7 Å². The highest BCUT2D eigenvalue weighted by molar-refractivity contribution is 9.10. The van der Waals surface area contributed by atoms with E-state index in [2.05, 4.69) is 15.9 Å². The van der Waals surface area contributed by atoms with Crippen molar-refractivity contribution in [1.29, 1.82) is 0 Å². The van der Waals surface area contributed by atoms with Crippen molar-refractivity contribution in [3.63, 3.8) is 0 Å². The lowest BCUT2D eigenvalue weighted by molar-refractivity contribution is 0.173. The first-order valence-electron chi connectivity index (χ1n) is 3.78. The average Bonchev–Trinajstić information content (AvgIpc) is 2.08. The quantitative estimate of drug-likeness (QED) is 0.832. The van der Waals surface area contributed by atoms with Crippen molar-refractivity contribution in [3.05, 3.63) is 34.1 Å². The molecule has 1 atom stereocenters. The van der Waals surface area contributed by atoms with Crippen LogP contribution < -0.4 is 0 Å². The smallest absolute Gasteiger partial charge is 0.137 e. The fourth-order valence-electron chi connectivity index (χ4n) is 0.955. The Morgan fingerprint density at radius 2 is 2.25 bits per heavy atom. The number of hydrogen-bond donors (Lipinski definition) is 1. The third-order valence-corrected chi connectivity index (χ3v) is 2.32. The molecule has 1 N–H and O–H groups in total. The molecule has 3 heteroatoms. The standard InChI is InChI=1S/C9H10BrFO/c1-2-9(12)6-3-4-8(11)7(10)5-6/h3-5,9,12H,2H2,1H3/t9-/m1/s1. The molecular weight excluding hydrogens is 223 g/mol. The summed E-state index contributed by atoms with van der Waals surface area (Å²) in [6, 6.07) is 4.54. The molecule has 1 nitrogen and oxygen atoms in total. The van der Waals surface area contributed by atoms with Crippen LogP contribution in [0.3, 0.4) is 0 Å². The fourth-order valence-corrected chi connectivity index (χ4v) is 1.35. The predicted octanol–water partition coefficient (Wildman–Crippen LogP) is 3.03. The first-order valence-corrected chi connectivity index (χ1v) is 4.57. The molecular formula is C9H10BrFO. The molecule has 0 aliphatic heterocycles. The van der Waals surface area contributed by atoms with E-state index in [1.165, 1.54) is 6.07 Å². The Morgan fingerprint density at radius 1 is 1.58 bits per heavy atom. The van der Waals surface area contributed by atoms with Crippen molar-refractivity contribution in [2.75, 3.05) is 0 Å². The Balaban J connectivity index is 2.96. The van der Waals surface area contributed by atoms with Gasteiger partial charge in [-0.05, 0) is 40.0 Å². The van der Waals surface area contributed by atoms with Crippen LogP contribution in [-0.2, 0) is 0 Å². The number of halogens is 2. The first-order chi connectivity index (χ1) is 5.65. The topological polar surface area (TPSA) is 20.2 Å². The molecule has 0 radical (unpaired) electrons. The molecule has 0 aromatic heterocycles. The van der Waals surface area contributed by atoms with Crippen molar-refractivity contribution in [2.24, 2.45) is 0 Å². The van der Waals surface area contributed by atoms with Gasteiger partial charge in [-0.25, -0.2) is 4.39 Å². The van der Waals surface area contributed by atoms with Crippen LogP contribution in [0.1, 0.15) is 25.0 Å². The van der Waals surface area contributed by atoms with E-state index in [1.807, 2.05) is 6.92 Å². The summed E-state index contributed by atoms with van der Waals surface area (Å²) < 4.78 is 13.1. The van der Waals surface area contributed by atoms with Gasteiger partial charge in [0.15, 0.2) is 0 Å². The summed E-state index contributed by atoms with van der Waals surface area (Å²) in [7, 11) is 0. The summed E-state index contributed by atoms with van der Waals surface area (Å²) in [5.74, 6) is -0.304. The van der Waals surface area contributed by atoms with Crippen LogP contribution in [0.5, 0.6) is 0 Å². The van der Waals surface area contributed by atoms with E-state index < -0.39 is 6.10 Å². The molecule has 1 aromatic rings. The molecule has 0 heterocycles. The van der Waals surface area contributed by atoms with Gasteiger partial charge in [0, 0.05) is 0 Å². The van der Waals surface area contributed by atoms with Gasteiger partial charge < -0.3 is 5.11 Å². The molecule has 1 aromatic carbocycles. The maximum absolute atomic E-state index is 12.7. The van der Waals surface area contributed by atoms with Gasteiger partial charge in [-0.15, -0.1) is 0 Å². The molecule has 0 fully saturated rings. The van der Waals surface area contributed by atoms with E-state index in [-0.39, 0.29) is 5.82 Å². The highest BCUT2D eigenvalue weighted by atomic mass is 79.9. The largest absolute Gasteiger partial charge is 0.388 e. The fraction of sp³-hybridized carbons (Fsp3) is 0.333. The average molecular weight is 233 g/mol. The van der Waals surface area contributed by atoms with Gasteiger partial charge in [0.1, 0.15) is 5.82 Å². The summed E-state index contributed by atoms with van der Waals surface area (Å²) in [4.78, 5) is 0. The van der Waals surface area contributed by atoms with Crippen LogP contribution in [0, 0.1) is 5.82 Å². The van der Waals surface area contributed by atoms with Crippen molar-refractivity contribution >= 4 is 15.9 Å². The summed E-state index contributed by atoms with van der Waals surface area (Å²) in [5.41, 5.74) is 0.741. The van der Waals surface area contributed by atoms with E-state index in [9.17, 15) is 9.50 Å². The molecule has 0 saturated heterocycles. The molecule has 0 saturated carbocycles. The zero-order valence-corrected chi connectivity index (χ0v) is 8.31. The van der Waals surface area contributed by atoms with Gasteiger partial charge in [-0.1, -0.05) is 13.0 Å². The normalized spacial score (nSPS) is 13.0. The van der Waals surface area contributed by atoms with E-state index in [0.717, 1.165) is 5.56 Å². The minimum Gasteiger partial charge on any atom is -0.388 e.